The van der Waals surface area contributed by atoms with Crippen molar-refractivity contribution in [2.45, 2.75) is 25.4 Å². The molecule has 1 heterocycles. The van der Waals surface area contributed by atoms with Gasteiger partial charge < -0.3 is 9.52 Å². The van der Waals surface area contributed by atoms with Gasteiger partial charge in [-0.2, -0.15) is 0 Å². The number of hydrogen-bond donors (Lipinski definition) is 1. The van der Waals surface area contributed by atoms with Crippen molar-refractivity contribution in [3.63, 3.8) is 0 Å². The molecule has 1 aromatic heterocycles. The van der Waals surface area contributed by atoms with Gasteiger partial charge >= 0.3 is 0 Å². The monoisotopic (exact) mass is 242 g/mol. The van der Waals surface area contributed by atoms with E-state index in [-0.39, 0.29) is 5.92 Å². The molecule has 0 radical (unpaired) electrons. The molecule has 2 heteroatoms. The Kier molecular flexibility index (Phi) is 4.37. The fraction of sp³-hybridized carbons (Fsp3) is 0.250. The standard InChI is InChI=1S/C16H18O2/c1-2-3-9-15(13-7-5-4-6-8-13)16(17)14-10-11-18-12-14/h3-12,15-17H,2H2,1H3/b9-3+/t15-,16-/m0/s1. The molecule has 0 saturated carbocycles. The highest BCUT2D eigenvalue weighted by Crippen LogP contribution is 2.32. The lowest BCUT2D eigenvalue weighted by molar-refractivity contribution is 0.161. The first-order valence-corrected chi connectivity index (χ1v) is 6.24. The smallest absolute Gasteiger partial charge is 0.0960 e. The van der Waals surface area contributed by atoms with Crippen molar-refractivity contribution in [1.29, 1.82) is 0 Å². The van der Waals surface area contributed by atoms with Crippen LogP contribution in [-0.4, -0.2) is 5.11 Å². The first-order valence-electron chi connectivity index (χ1n) is 6.24. The highest BCUT2D eigenvalue weighted by Gasteiger charge is 2.20. The van der Waals surface area contributed by atoms with Crippen LogP contribution in [0.15, 0.2) is 65.5 Å². The molecule has 0 aliphatic carbocycles. The minimum atomic E-state index is -0.575. The van der Waals surface area contributed by atoms with E-state index < -0.39 is 6.10 Å². The van der Waals surface area contributed by atoms with Crippen molar-refractivity contribution in [3.8, 4) is 0 Å². The fourth-order valence-electron chi connectivity index (χ4n) is 2.01. The van der Waals surface area contributed by atoms with E-state index >= 15 is 0 Å². The molecule has 0 unspecified atom stereocenters. The van der Waals surface area contributed by atoms with Gasteiger partial charge in [0.05, 0.1) is 18.6 Å². The molecule has 0 bridgehead atoms. The molecule has 0 aliphatic heterocycles. The number of furan rings is 1. The number of benzene rings is 1. The maximum Gasteiger partial charge on any atom is 0.0960 e. The van der Waals surface area contributed by atoms with Gasteiger partial charge in [-0.25, -0.2) is 0 Å². The largest absolute Gasteiger partial charge is 0.472 e. The highest BCUT2D eigenvalue weighted by atomic mass is 16.3. The minimum Gasteiger partial charge on any atom is -0.472 e. The summed E-state index contributed by atoms with van der Waals surface area (Å²) in [5.41, 5.74) is 1.92. The molecule has 0 saturated heterocycles. The van der Waals surface area contributed by atoms with Crippen molar-refractivity contribution in [2.24, 2.45) is 0 Å². The second-order valence-electron chi connectivity index (χ2n) is 4.27. The highest BCUT2D eigenvalue weighted by molar-refractivity contribution is 5.28. The minimum absolute atomic E-state index is 0.0382. The summed E-state index contributed by atoms with van der Waals surface area (Å²) >= 11 is 0. The van der Waals surface area contributed by atoms with Crippen LogP contribution >= 0.6 is 0 Å². The van der Waals surface area contributed by atoms with E-state index in [2.05, 4.69) is 19.1 Å². The topological polar surface area (TPSA) is 33.4 Å². The number of rotatable bonds is 5. The van der Waals surface area contributed by atoms with Crippen LogP contribution in [-0.2, 0) is 0 Å². The summed E-state index contributed by atoms with van der Waals surface area (Å²) in [6.45, 7) is 2.09. The first kappa shape index (κ1) is 12.7. The Hall–Kier alpha value is -1.80. The predicted molar refractivity (Wildman–Crippen MR) is 72.3 cm³/mol. The van der Waals surface area contributed by atoms with E-state index in [1.54, 1.807) is 18.6 Å². The Labute approximate surface area is 108 Å². The van der Waals surface area contributed by atoms with Gasteiger partial charge in [-0.15, -0.1) is 0 Å². The number of aliphatic hydroxyl groups is 1. The zero-order chi connectivity index (χ0) is 12.8. The van der Waals surface area contributed by atoms with Gasteiger partial charge in [0.25, 0.3) is 0 Å². The SMILES string of the molecule is CC/C=C/[C@@H](c1ccccc1)[C@@H](O)c1ccoc1. The van der Waals surface area contributed by atoms with Gasteiger partial charge in [0.1, 0.15) is 0 Å². The molecule has 0 aliphatic rings. The molecular weight excluding hydrogens is 224 g/mol. The van der Waals surface area contributed by atoms with E-state index in [4.69, 9.17) is 4.42 Å². The van der Waals surface area contributed by atoms with Crippen LogP contribution in [0.1, 0.15) is 36.5 Å². The average molecular weight is 242 g/mol. The van der Waals surface area contributed by atoms with E-state index in [1.165, 1.54) is 0 Å². The maximum absolute atomic E-state index is 10.4. The normalized spacial score (nSPS) is 14.8. The van der Waals surface area contributed by atoms with Gasteiger partial charge in [0.15, 0.2) is 0 Å². The summed E-state index contributed by atoms with van der Waals surface area (Å²) in [5.74, 6) is -0.0382. The molecule has 94 valence electrons. The zero-order valence-corrected chi connectivity index (χ0v) is 10.5. The average Bonchev–Trinajstić information content (AvgIpc) is 2.94. The Morgan fingerprint density at radius 1 is 1.17 bits per heavy atom. The van der Waals surface area contributed by atoms with Crippen LogP contribution in [0.5, 0.6) is 0 Å². The van der Waals surface area contributed by atoms with Crippen molar-refractivity contribution in [2.75, 3.05) is 0 Å². The lowest BCUT2D eigenvalue weighted by atomic mass is 9.90. The number of aliphatic hydroxyl groups excluding tert-OH is 1. The summed E-state index contributed by atoms with van der Waals surface area (Å²) in [4.78, 5) is 0. The lowest BCUT2D eigenvalue weighted by Gasteiger charge is -2.19. The molecule has 0 spiro atoms. The first-order chi connectivity index (χ1) is 8.83. The summed E-state index contributed by atoms with van der Waals surface area (Å²) in [6.07, 6.45) is 7.72. The van der Waals surface area contributed by atoms with Crippen molar-refractivity contribution in [1.82, 2.24) is 0 Å². The van der Waals surface area contributed by atoms with Crippen LogP contribution in [0.25, 0.3) is 0 Å². The van der Waals surface area contributed by atoms with Crippen molar-refractivity contribution >= 4 is 0 Å². The van der Waals surface area contributed by atoms with Gasteiger partial charge in [-0.05, 0) is 18.1 Å². The summed E-state index contributed by atoms with van der Waals surface area (Å²) in [5, 5.41) is 10.4. The van der Waals surface area contributed by atoms with E-state index in [0.717, 1.165) is 17.5 Å². The Morgan fingerprint density at radius 2 is 1.94 bits per heavy atom. The molecule has 2 nitrogen and oxygen atoms in total. The van der Waals surface area contributed by atoms with Crippen LogP contribution in [0.2, 0.25) is 0 Å². The van der Waals surface area contributed by atoms with Crippen LogP contribution in [0.4, 0.5) is 0 Å². The second-order valence-corrected chi connectivity index (χ2v) is 4.27. The van der Waals surface area contributed by atoms with Crippen LogP contribution in [0.3, 0.4) is 0 Å². The Morgan fingerprint density at radius 3 is 2.56 bits per heavy atom. The number of allylic oxidation sites excluding steroid dienone is 1. The summed E-state index contributed by atoms with van der Waals surface area (Å²) in [6, 6.07) is 11.8. The van der Waals surface area contributed by atoms with Gasteiger partial charge in [-0.1, -0.05) is 49.4 Å². The molecule has 2 rings (SSSR count). The molecule has 0 fully saturated rings. The van der Waals surface area contributed by atoms with Crippen LogP contribution in [0, 0.1) is 0 Å². The molecule has 2 atom stereocenters. The quantitative estimate of drug-likeness (QED) is 0.802. The third-order valence-electron chi connectivity index (χ3n) is 2.99. The van der Waals surface area contributed by atoms with Gasteiger partial charge in [-0.3, -0.25) is 0 Å². The Bertz CT molecular complexity index is 471. The maximum atomic E-state index is 10.4. The third-order valence-corrected chi connectivity index (χ3v) is 2.99. The summed E-state index contributed by atoms with van der Waals surface area (Å²) in [7, 11) is 0. The summed E-state index contributed by atoms with van der Waals surface area (Å²) < 4.78 is 5.04. The molecular formula is C16H18O2. The lowest BCUT2D eigenvalue weighted by Crippen LogP contribution is -2.08. The van der Waals surface area contributed by atoms with E-state index in [9.17, 15) is 5.11 Å². The molecule has 1 aromatic carbocycles. The fourth-order valence-corrected chi connectivity index (χ4v) is 2.01. The second kappa shape index (κ2) is 6.22. The van der Waals surface area contributed by atoms with Gasteiger partial charge in [0.2, 0.25) is 0 Å². The van der Waals surface area contributed by atoms with E-state index in [0.29, 0.717) is 0 Å². The molecule has 1 N–H and O–H groups in total. The van der Waals surface area contributed by atoms with Gasteiger partial charge in [0, 0.05) is 11.5 Å². The third kappa shape index (κ3) is 2.90. The van der Waals surface area contributed by atoms with Crippen molar-refractivity contribution < 1.29 is 9.52 Å². The van der Waals surface area contributed by atoms with Crippen LogP contribution < -0.4 is 0 Å². The number of hydrogen-bond acceptors (Lipinski definition) is 2. The van der Waals surface area contributed by atoms with Crippen molar-refractivity contribution in [3.05, 3.63) is 72.2 Å². The molecule has 18 heavy (non-hydrogen) atoms. The zero-order valence-electron chi connectivity index (χ0n) is 10.5. The van der Waals surface area contributed by atoms with E-state index in [1.807, 2.05) is 30.3 Å². The molecule has 2 aromatic rings. The molecule has 0 amide bonds. The Balaban J connectivity index is 2.28. The predicted octanol–water partition coefficient (Wildman–Crippen LogP) is 4.06.